The van der Waals surface area contributed by atoms with E-state index in [-0.39, 0.29) is 38.4 Å². The summed E-state index contributed by atoms with van der Waals surface area (Å²) in [5.74, 6) is -1.23. The van der Waals surface area contributed by atoms with Gasteiger partial charge >= 0.3 is 11.9 Å². The maximum Gasteiger partial charge on any atom is 0.330 e. The second-order valence-corrected chi connectivity index (χ2v) is 5.89. The summed E-state index contributed by atoms with van der Waals surface area (Å²) in [7, 11) is -3.67. The SMILES string of the molecule is CC=CC(=O)OCCCOS(=O)(=O)CCCOC(=O)C=CC. The molecule has 0 rings (SSSR count). The lowest BCUT2D eigenvalue weighted by Crippen LogP contribution is -2.15. The second kappa shape index (κ2) is 11.9. The van der Waals surface area contributed by atoms with Crippen molar-refractivity contribution in [3.63, 3.8) is 0 Å². The summed E-state index contributed by atoms with van der Waals surface area (Å²) >= 11 is 0. The Kier molecular flexibility index (Phi) is 11.0. The van der Waals surface area contributed by atoms with Crippen LogP contribution in [0.25, 0.3) is 0 Å². The molecule has 8 heteroatoms. The Bertz CT molecular complexity index is 491. The molecule has 0 aliphatic rings. The fourth-order valence-electron chi connectivity index (χ4n) is 1.25. The Morgan fingerprint density at radius 2 is 1.36 bits per heavy atom. The molecular formula is C14H22O7S. The van der Waals surface area contributed by atoms with Crippen molar-refractivity contribution in [2.24, 2.45) is 0 Å². The highest BCUT2D eigenvalue weighted by atomic mass is 32.2. The van der Waals surface area contributed by atoms with Crippen LogP contribution in [0.3, 0.4) is 0 Å². The van der Waals surface area contributed by atoms with Crippen molar-refractivity contribution < 1.29 is 31.7 Å². The largest absolute Gasteiger partial charge is 0.463 e. The van der Waals surface area contributed by atoms with Crippen molar-refractivity contribution in [3.05, 3.63) is 24.3 Å². The third-order valence-electron chi connectivity index (χ3n) is 2.18. The summed E-state index contributed by atoms with van der Waals surface area (Å²) in [5.41, 5.74) is 0. The Morgan fingerprint density at radius 3 is 1.86 bits per heavy atom. The van der Waals surface area contributed by atoms with Gasteiger partial charge in [0.1, 0.15) is 0 Å². The van der Waals surface area contributed by atoms with Gasteiger partial charge in [-0.1, -0.05) is 12.2 Å². The maximum atomic E-state index is 11.5. The molecule has 0 aromatic heterocycles. The van der Waals surface area contributed by atoms with Crippen LogP contribution < -0.4 is 0 Å². The van der Waals surface area contributed by atoms with Crippen LogP contribution in [0.1, 0.15) is 26.7 Å². The van der Waals surface area contributed by atoms with E-state index in [2.05, 4.69) is 0 Å². The van der Waals surface area contributed by atoms with Gasteiger partial charge in [-0.25, -0.2) is 9.59 Å². The van der Waals surface area contributed by atoms with Gasteiger partial charge in [0, 0.05) is 18.6 Å². The zero-order valence-corrected chi connectivity index (χ0v) is 13.6. The molecule has 0 saturated heterocycles. The third kappa shape index (κ3) is 12.1. The van der Waals surface area contributed by atoms with Gasteiger partial charge in [-0.05, 0) is 20.3 Å². The van der Waals surface area contributed by atoms with Crippen molar-refractivity contribution in [2.75, 3.05) is 25.6 Å². The van der Waals surface area contributed by atoms with E-state index < -0.39 is 22.1 Å². The van der Waals surface area contributed by atoms with E-state index in [1.165, 1.54) is 18.2 Å². The average molecular weight is 334 g/mol. The lowest BCUT2D eigenvalue weighted by atomic mass is 10.5. The van der Waals surface area contributed by atoms with Gasteiger partial charge in [-0.15, -0.1) is 0 Å². The molecule has 0 radical (unpaired) electrons. The number of carbonyl (C=O) groups excluding carboxylic acids is 2. The molecule has 126 valence electrons. The number of ether oxygens (including phenoxy) is 2. The molecule has 0 aliphatic carbocycles. The first-order valence-corrected chi connectivity index (χ1v) is 8.45. The highest BCUT2D eigenvalue weighted by Crippen LogP contribution is 1.99. The molecule has 22 heavy (non-hydrogen) atoms. The predicted octanol–water partition coefficient (Wildman–Crippen LogP) is 1.35. The zero-order chi connectivity index (χ0) is 16.8. The average Bonchev–Trinajstić information content (AvgIpc) is 2.44. The third-order valence-corrected chi connectivity index (χ3v) is 3.50. The van der Waals surface area contributed by atoms with Crippen LogP contribution in [0, 0.1) is 0 Å². The topological polar surface area (TPSA) is 96.0 Å². The van der Waals surface area contributed by atoms with Gasteiger partial charge in [-0.2, -0.15) is 8.42 Å². The second-order valence-electron chi connectivity index (χ2n) is 4.13. The first kappa shape index (κ1) is 20.3. The fourth-order valence-corrected chi connectivity index (χ4v) is 2.21. The molecule has 0 amide bonds. The first-order chi connectivity index (χ1) is 10.4. The maximum absolute atomic E-state index is 11.5. The van der Waals surface area contributed by atoms with Crippen LogP contribution in [0.2, 0.25) is 0 Å². The van der Waals surface area contributed by atoms with Gasteiger partial charge in [0.15, 0.2) is 0 Å². The summed E-state index contributed by atoms with van der Waals surface area (Å²) in [4.78, 5) is 21.9. The van der Waals surface area contributed by atoms with Gasteiger partial charge in [0.05, 0.1) is 25.6 Å². The van der Waals surface area contributed by atoms with Crippen molar-refractivity contribution in [2.45, 2.75) is 26.7 Å². The molecular weight excluding hydrogens is 312 g/mol. The van der Waals surface area contributed by atoms with Gasteiger partial charge < -0.3 is 9.47 Å². The lowest BCUT2D eigenvalue weighted by molar-refractivity contribution is -0.138. The number of hydrogen-bond donors (Lipinski definition) is 0. The quantitative estimate of drug-likeness (QED) is 0.243. The summed E-state index contributed by atoms with van der Waals surface area (Å²) in [6.07, 6.45) is 6.03. The Labute approximate surface area is 131 Å². The number of allylic oxidation sites excluding steroid dienone is 2. The van der Waals surface area contributed by atoms with Gasteiger partial charge in [0.25, 0.3) is 10.1 Å². The zero-order valence-electron chi connectivity index (χ0n) is 12.8. The molecule has 7 nitrogen and oxygen atoms in total. The van der Waals surface area contributed by atoms with E-state index in [1.807, 2.05) is 0 Å². The molecule has 0 aliphatic heterocycles. The summed E-state index contributed by atoms with van der Waals surface area (Å²) in [6.45, 7) is 3.39. The molecule has 0 unspecified atom stereocenters. The molecule has 0 aromatic carbocycles. The minimum absolute atomic E-state index is 0.00668. The van der Waals surface area contributed by atoms with E-state index in [0.29, 0.717) is 0 Å². The van der Waals surface area contributed by atoms with Crippen molar-refractivity contribution >= 4 is 22.1 Å². The van der Waals surface area contributed by atoms with Crippen LogP contribution in [-0.2, 0) is 33.4 Å². The van der Waals surface area contributed by atoms with Gasteiger partial charge in [-0.3, -0.25) is 4.18 Å². The normalized spacial score (nSPS) is 11.9. The van der Waals surface area contributed by atoms with E-state index in [1.54, 1.807) is 19.9 Å². The highest BCUT2D eigenvalue weighted by Gasteiger charge is 2.11. The lowest BCUT2D eigenvalue weighted by Gasteiger charge is -2.06. The number of carbonyl (C=O) groups is 2. The van der Waals surface area contributed by atoms with E-state index in [0.717, 1.165) is 0 Å². The molecule has 0 N–H and O–H groups in total. The van der Waals surface area contributed by atoms with Gasteiger partial charge in [0.2, 0.25) is 0 Å². The van der Waals surface area contributed by atoms with Crippen molar-refractivity contribution in [1.29, 1.82) is 0 Å². The minimum atomic E-state index is -3.67. The molecule has 0 spiro atoms. The Morgan fingerprint density at radius 1 is 0.864 bits per heavy atom. The molecule has 0 heterocycles. The van der Waals surface area contributed by atoms with E-state index in [4.69, 9.17) is 13.7 Å². The summed E-state index contributed by atoms with van der Waals surface area (Å²) < 4.78 is 37.3. The van der Waals surface area contributed by atoms with Crippen LogP contribution >= 0.6 is 0 Å². The Hall–Kier alpha value is -1.67. The van der Waals surface area contributed by atoms with Crippen LogP contribution in [0.4, 0.5) is 0 Å². The summed E-state index contributed by atoms with van der Waals surface area (Å²) in [5, 5.41) is 0. The minimum Gasteiger partial charge on any atom is -0.463 e. The van der Waals surface area contributed by atoms with E-state index in [9.17, 15) is 18.0 Å². The fraction of sp³-hybridized carbons (Fsp3) is 0.571. The standard InChI is InChI=1S/C14H22O7S/c1-3-7-13(15)19-9-5-11-21-22(17,18)12-6-10-20-14(16)8-4-2/h3-4,7-8H,5-6,9-12H2,1-2H3. The molecule has 0 saturated carbocycles. The number of esters is 2. The first-order valence-electron chi connectivity index (χ1n) is 6.87. The van der Waals surface area contributed by atoms with Crippen molar-refractivity contribution in [1.82, 2.24) is 0 Å². The van der Waals surface area contributed by atoms with Crippen molar-refractivity contribution in [3.8, 4) is 0 Å². The van der Waals surface area contributed by atoms with Crippen LogP contribution in [0.15, 0.2) is 24.3 Å². The Balaban J connectivity index is 3.74. The monoisotopic (exact) mass is 334 g/mol. The summed E-state index contributed by atoms with van der Waals surface area (Å²) in [6, 6.07) is 0. The van der Waals surface area contributed by atoms with Crippen LogP contribution in [0.5, 0.6) is 0 Å². The molecule has 0 bridgehead atoms. The molecule has 0 fully saturated rings. The number of hydrogen-bond acceptors (Lipinski definition) is 7. The van der Waals surface area contributed by atoms with E-state index >= 15 is 0 Å². The smallest absolute Gasteiger partial charge is 0.330 e. The molecule has 0 aromatic rings. The predicted molar refractivity (Wildman–Crippen MR) is 80.5 cm³/mol. The van der Waals surface area contributed by atoms with Crippen LogP contribution in [-0.4, -0.2) is 45.9 Å². The number of rotatable bonds is 11. The highest BCUT2D eigenvalue weighted by molar-refractivity contribution is 7.86. The molecule has 0 atom stereocenters.